The Hall–Kier alpha value is -1.63. The lowest BCUT2D eigenvalue weighted by Crippen LogP contribution is -2.47. The number of carbonyl (C=O) groups excluding carboxylic acids is 1. The van der Waals surface area contributed by atoms with Gasteiger partial charge >= 0.3 is 0 Å². The van der Waals surface area contributed by atoms with Crippen molar-refractivity contribution in [3.8, 4) is 0 Å². The quantitative estimate of drug-likeness (QED) is 0.341. The van der Waals surface area contributed by atoms with Crippen molar-refractivity contribution in [2.45, 2.75) is 19.9 Å². The van der Waals surface area contributed by atoms with E-state index in [0.717, 1.165) is 0 Å². The van der Waals surface area contributed by atoms with Crippen LogP contribution in [0.3, 0.4) is 0 Å². The molecule has 1 unspecified atom stereocenters. The molecule has 5 nitrogen and oxygen atoms in total. The normalized spacial score (nSPS) is 13.4. The third-order valence-electron chi connectivity index (χ3n) is 2.57. The zero-order valence-corrected chi connectivity index (χ0v) is 12.1. The third-order valence-corrected chi connectivity index (χ3v) is 3.18. The molecule has 0 heterocycles. The number of rotatable bonds is 4. The van der Waals surface area contributed by atoms with Gasteiger partial charge in [0, 0.05) is 5.56 Å². The summed E-state index contributed by atoms with van der Waals surface area (Å²) in [7, 11) is 0. The number of benzene rings is 1. The van der Waals surface area contributed by atoms with E-state index in [9.17, 15) is 9.18 Å². The zero-order valence-electron chi connectivity index (χ0n) is 10.5. The average Bonchev–Trinajstić information content (AvgIpc) is 2.37. The minimum atomic E-state index is -0.596. The van der Waals surface area contributed by atoms with Crippen LogP contribution in [0.4, 0.5) is 4.39 Å². The fourth-order valence-corrected chi connectivity index (χ4v) is 1.89. The molecule has 1 aromatic rings. The molecule has 7 heteroatoms. The first-order chi connectivity index (χ1) is 8.86. The molecule has 0 aromatic heterocycles. The first-order valence-corrected chi connectivity index (χ1v) is 6.39. The van der Waals surface area contributed by atoms with Crippen molar-refractivity contribution in [3.63, 3.8) is 0 Å². The van der Waals surface area contributed by atoms with Gasteiger partial charge in [-0.25, -0.2) is 4.39 Å². The van der Waals surface area contributed by atoms with Crippen LogP contribution < -0.4 is 11.1 Å². The summed E-state index contributed by atoms with van der Waals surface area (Å²) in [5, 5.41) is 14.2. The summed E-state index contributed by atoms with van der Waals surface area (Å²) in [6, 6.07) is 3.32. The molecule has 1 atom stereocenters. The van der Waals surface area contributed by atoms with E-state index in [1.165, 1.54) is 18.2 Å². The van der Waals surface area contributed by atoms with Gasteiger partial charge in [-0.15, -0.1) is 0 Å². The lowest BCUT2D eigenvalue weighted by molar-refractivity contribution is 0.0938. The Labute approximate surface area is 118 Å². The number of halogens is 2. The predicted molar refractivity (Wildman–Crippen MR) is 73.6 cm³/mol. The molecule has 1 aromatic carbocycles. The molecule has 104 valence electrons. The summed E-state index contributed by atoms with van der Waals surface area (Å²) in [6.07, 6.45) is 0. The smallest absolute Gasteiger partial charge is 0.251 e. The molecule has 0 fully saturated rings. The zero-order chi connectivity index (χ0) is 14.6. The van der Waals surface area contributed by atoms with Gasteiger partial charge < -0.3 is 16.3 Å². The van der Waals surface area contributed by atoms with Crippen LogP contribution in [0.1, 0.15) is 24.2 Å². The Morgan fingerprint density at radius 1 is 1.53 bits per heavy atom. The highest BCUT2D eigenvalue weighted by Gasteiger charge is 2.21. The molecule has 0 spiro atoms. The highest BCUT2D eigenvalue weighted by Crippen LogP contribution is 2.17. The minimum Gasteiger partial charge on any atom is -0.409 e. The summed E-state index contributed by atoms with van der Waals surface area (Å²) in [5.41, 5.74) is 5.80. The largest absolute Gasteiger partial charge is 0.409 e. The summed E-state index contributed by atoms with van der Waals surface area (Å²) < 4.78 is 13.3. The Kier molecular flexibility index (Phi) is 5.29. The van der Waals surface area contributed by atoms with Crippen molar-refractivity contribution in [3.05, 3.63) is 34.1 Å². The van der Waals surface area contributed by atoms with Crippen LogP contribution in [0.2, 0.25) is 0 Å². The van der Waals surface area contributed by atoms with E-state index in [4.69, 9.17) is 10.9 Å². The van der Waals surface area contributed by atoms with Crippen LogP contribution in [0, 0.1) is 11.7 Å². The van der Waals surface area contributed by atoms with Crippen LogP contribution in [0.15, 0.2) is 27.8 Å². The second kappa shape index (κ2) is 6.51. The highest BCUT2D eigenvalue weighted by atomic mass is 79.9. The number of carbonyl (C=O) groups is 1. The number of hydrogen-bond acceptors (Lipinski definition) is 3. The van der Waals surface area contributed by atoms with Crippen LogP contribution in [-0.4, -0.2) is 23.0 Å². The molecular weight excluding hydrogens is 317 g/mol. The van der Waals surface area contributed by atoms with E-state index in [1.807, 2.05) is 13.8 Å². The maximum absolute atomic E-state index is 13.1. The van der Waals surface area contributed by atoms with E-state index >= 15 is 0 Å². The van der Waals surface area contributed by atoms with Crippen molar-refractivity contribution in [2.24, 2.45) is 16.8 Å². The number of hydrogen-bond donors (Lipinski definition) is 3. The van der Waals surface area contributed by atoms with Gasteiger partial charge in [-0.05, 0) is 40.0 Å². The molecule has 0 aliphatic carbocycles. The third kappa shape index (κ3) is 3.92. The van der Waals surface area contributed by atoms with E-state index in [0.29, 0.717) is 0 Å². The maximum Gasteiger partial charge on any atom is 0.251 e. The minimum absolute atomic E-state index is 0.0521. The summed E-state index contributed by atoms with van der Waals surface area (Å²) in [4.78, 5) is 12.0. The second-order valence-corrected chi connectivity index (χ2v) is 5.20. The van der Waals surface area contributed by atoms with E-state index in [2.05, 4.69) is 26.4 Å². The summed E-state index contributed by atoms with van der Waals surface area (Å²) in [6.45, 7) is 3.65. The maximum atomic E-state index is 13.1. The second-order valence-electron chi connectivity index (χ2n) is 4.35. The van der Waals surface area contributed by atoms with Gasteiger partial charge in [0.15, 0.2) is 5.84 Å². The number of oxime groups is 1. The molecule has 0 radical (unpaired) electrons. The Balaban J connectivity index is 2.91. The molecule has 0 bridgehead atoms. The SMILES string of the molecule is CC(C)C(NC(=O)c1ccc(F)c(Br)c1)/C(N)=N/O. The molecular formula is C12H15BrFN3O2. The van der Waals surface area contributed by atoms with Gasteiger partial charge in [0.25, 0.3) is 5.91 Å². The molecule has 19 heavy (non-hydrogen) atoms. The number of amides is 1. The first-order valence-electron chi connectivity index (χ1n) is 5.60. The van der Waals surface area contributed by atoms with Crippen molar-refractivity contribution < 1.29 is 14.4 Å². The molecule has 1 amide bonds. The fraction of sp³-hybridized carbons (Fsp3) is 0.333. The van der Waals surface area contributed by atoms with Gasteiger partial charge in [0.1, 0.15) is 5.82 Å². The van der Waals surface area contributed by atoms with Crippen molar-refractivity contribution >= 4 is 27.7 Å². The Morgan fingerprint density at radius 2 is 2.16 bits per heavy atom. The van der Waals surface area contributed by atoms with Crippen LogP contribution in [0.25, 0.3) is 0 Å². The number of nitrogens with one attached hydrogen (secondary N) is 1. The van der Waals surface area contributed by atoms with Gasteiger partial charge in [-0.2, -0.15) is 0 Å². The highest BCUT2D eigenvalue weighted by molar-refractivity contribution is 9.10. The van der Waals surface area contributed by atoms with Crippen LogP contribution in [-0.2, 0) is 0 Å². The fourth-order valence-electron chi connectivity index (χ4n) is 1.51. The summed E-state index contributed by atoms with van der Waals surface area (Å²) >= 11 is 3.01. The topological polar surface area (TPSA) is 87.7 Å². The average molecular weight is 332 g/mol. The van der Waals surface area contributed by atoms with Crippen molar-refractivity contribution in [2.75, 3.05) is 0 Å². The number of amidine groups is 1. The molecule has 0 aliphatic heterocycles. The van der Waals surface area contributed by atoms with E-state index < -0.39 is 17.8 Å². The monoisotopic (exact) mass is 331 g/mol. The van der Waals surface area contributed by atoms with Crippen LogP contribution in [0.5, 0.6) is 0 Å². The van der Waals surface area contributed by atoms with Gasteiger partial charge in [0.05, 0.1) is 10.5 Å². The molecule has 4 N–H and O–H groups in total. The standard InChI is InChI=1S/C12H15BrFN3O2/c1-6(2)10(11(15)17-19)16-12(18)7-3-4-9(14)8(13)5-7/h3-6,10,19H,1-2H3,(H2,15,17)(H,16,18). The number of nitrogens with two attached hydrogens (primary N) is 1. The van der Waals surface area contributed by atoms with Gasteiger partial charge in [0.2, 0.25) is 0 Å². The molecule has 1 rings (SSSR count). The first kappa shape index (κ1) is 15.4. The van der Waals surface area contributed by atoms with E-state index in [-0.39, 0.29) is 21.8 Å². The van der Waals surface area contributed by atoms with E-state index in [1.54, 1.807) is 0 Å². The Morgan fingerprint density at radius 3 is 2.63 bits per heavy atom. The lowest BCUT2D eigenvalue weighted by atomic mass is 10.0. The van der Waals surface area contributed by atoms with Crippen molar-refractivity contribution in [1.29, 1.82) is 0 Å². The molecule has 0 aliphatic rings. The predicted octanol–water partition coefficient (Wildman–Crippen LogP) is 2.09. The lowest BCUT2D eigenvalue weighted by Gasteiger charge is -2.20. The Bertz CT molecular complexity index is 506. The van der Waals surface area contributed by atoms with Crippen LogP contribution >= 0.6 is 15.9 Å². The van der Waals surface area contributed by atoms with Crippen molar-refractivity contribution in [1.82, 2.24) is 5.32 Å². The number of nitrogens with zero attached hydrogens (tertiary/aromatic N) is 1. The molecule has 0 saturated carbocycles. The van der Waals surface area contributed by atoms with Gasteiger partial charge in [-0.1, -0.05) is 19.0 Å². The molecule has 0 saturated heterocycles. The summed E-state index contributed by atoms with van der Waals surface area (Å²) in [5.74, 6) is -1.01. The van der Waals surface area contributed by atoms with Gasteiger partial charge in [-0.3, -0.25) is 4.79 Å².